The van der Waals surface area contributed by atoms with Gasteiger partial charge in [-0.05, 0) is 48.0 Å². The maximum absolute atomic E-state index is 12.4. The molecule has 0 saturated heterocycles. The number of benzene rings is 3. The van der Waals surface area contributed by atoms with Crippen molar-refractivity contribution in [2.24, 2.45) is 5.10 Å². The number of nitrogens with zero attached hydrogens (tertiary/aromatic N) is 3. The van der Waals surface area contributed by atoms with E-state index in [0.29, 0.717) is 5.56 Å². The number of carbonyl (C=O) groups is 2. The number of fused-ring (bicyclic) bond motifs is 1. The minimum atomic E-state index is -0.692. The molecule has 0 aliphatic carbocycles. The average molecular weight is 523 g/mol. The molecule has 0 unspecified atom stereocenters. The lowest BCUT2D eigenvalue weighted by Crippen LogP contribution is -2.19. The summed E-state index contributed by atoms with van der Waals surface area (Å²) in [6.07, 6.45) is 1.44. The molecule has 0 saturated carbocycles. The van der Waals surface area contributed by atoms with Crippen LogP contribution in [0.15, 0.2) is 76.2 Å². The van der Waals surface area contributed by atoms with E-state index in [1.807, 2.05) is 24.3 Å². The number of hydrogen-bond acceptors (Lipinski definition) is 10. The number of ether oxygens (including phenoxy) is 2. The molecule has 0 aliphatic heterocycles. The topological polar surface area (TPSA) is 133 Å². The van der Waals surface area contributed by atoms with Gasteiger partial charge < -0.3 is 9.47 Å². The summed E-state index contributed by atoms with van der Waals surface area (Å²) in [6, 6.07) is 17.6. The summed E-state index contributed by atoms with van der Waals surface area (Å²) >= 11 is 2.86. The Morgan fingerprint density at radius 2 is 1.92 bits per heavy atom. The SMILES string of the molecule is COc1cc(C=NNC(=O)CSc2nc3ccccc3s2)ccc1OC(=O)c1ccc([N+](=O)[O-])cc1. The number of nitro groups is 1. The minimum Gasteiger partial charge on any atom is -0.493 e. The minimum absolute atomic E-state index is 0.129. The second kappa shape index (κ2) is 11.4. The number of para-hydroxylation sites is 1. The molecule has 12 heteroatoms. The first-order chi connectivity index (χ1) is 17.4. The van der Waals surface area contributed by atoms with Crippen LogP contribution in [-0.2, 0) is 4.79 Å². The number of nitrogens with one attached hydrogen (secondary N) is 1. The third-order valence-corrected chi connectivity index (χ3v) is 6.89. The van der Waals surface area contributed by atoms with Crippen LogP contribution in [0.1, 0.15) is 15.9 Å². The van der Waals surface area contributed by atoms with E-state index < -0.39 is 10.9 Å². The van der Waals surface area contributed by atoms with E-state index in [1.54, 1.807) is 12.1 Å². The van der Waals surface area contributed by atoms with Crippen molar-refractivity contribution in [3.05, 3.63) is 88.0 Å². The van der Waals surface area contributed by atoms with Gasteiger partial charge in [-0.2, -0.15) is 5.10 Å². The van der Waals surface area contributed by atoms with Crippen molar-refractivity contribution >= 4 is 57.1 Å². The van der Waals surface area contributed by atoms with E-state index >= 15 is 0 Å². The molecule has 1 N–H and O–H groups in total. The van der Waals surface area contributed by atoms with Crippen molar-refractivity contribution in [3.63, 3.8) is 0 Å². The summed E-state index contributed by atoms with van der Waals surface area (Å²) in [7, 11) is 1.42. The summed E-state index contributed by atoms with van der Waals surface area (Å²) in [6.45, 7) is 0. The molecule has 0 spiro atoms. The van der Waals surface area contributed by atoms with Crippen molar-refractivity contribution in [3.8, 4) is 11.5 Å². The molecule has 1 heterocycles. The number of esters is 1. The number of carbonyl (C=O) groups excluding carboxylic acids is 2. The molecule has 10 nitrogen and oxygen atoms in total. The Labute approximate surface area is 213 Å². The van der Waals surface area contributed by atoms with Gasteiger partial charge in [0.25, 0.3) is 11.6 Å². The van der Waals surface area contributed by atoms with Crippen molar-refractivity contribution in [2.75, 3.05) is 12.9 Å². The van der Waals surface area contributed by atoms with Crippen LogP contribution in [0.4, 0.5) is 5.69 Å². The highest BCUT2D eigenvalue weighted by Crippen LogP contribution is 2.30. The lowest BCUT2D eigenvalue weighted by molar-refractivity contribution is -0.384. The fraction of sp³-hybridized carbons (Fsp3) is 0.0833. The number of aromatic nitrogens is 1. The molecule has 4 rings (SSSR count). The maximum atomic E-state index is 12.4. The summed E-state index contributed by atoms with van der Waals surface area (Å²) in [5, 5.41) is 14.7. The van der Waals surface area contributed by atoms with Crippen LogP contribution in [0.2, 0.25) is 0 Å². The molecule has 0 radical (unpaired) electrons. The van der Waals surface area contributed by atoms with Crippen LogP contribution < -0.4 is 14.9 Å². The van der Waals surface area contributed by atoms with E-state index in [2.05, 4.69) is 15.5 Å². The molecule has 0 atom stereocenters. The number of thioether (sulfide) groups is 1. The monoisotopic (exact) mass is 522 g/mol. The highest BCUT2D eigenvalue weighted by Gasteiger charge is 2.14. The number of non-ortho nitro benzene ring substituents is 1. The number of nitro benzene ring substituents is 1. The quantitative estimate of drug-likeness (QED) is 0.0837. The first kappa shape index (κ1) is 24.8. The van der Waals surface area contributed by atoms with Crippen molar-refractivity contribution in [1.29, 1.82) is 0 Å². The number of amides is 1. The fourth-order valence-electron chi connectivity index (χ4n) is 2.98. The molecule has 182 valence electrons. The Balaban J connectivity index is 1.32. The summed E-state index contributed by atoms with van der Waals surface area (Å²) in [5.41, 5.74) is 3.99. The van der Waals surface area contributed by atoms with Crippen LogP contribution in [0, 0.1) is 10.1 Å². The summed E-state index contributed by atoms with van der Waals surface area (Å²) < 4.78 is 12.5. The first-order valence-electron chi connectivity index (χ1n) is 10.4. The number of rotatable bonds is 9. The largest absolute Gasteiger partial charge is 0.493 e. The number of hydrazone groups is 1. The van der Waals surface area contributed by atoms with Crippen LogP contribution in [0.3, 0.4) is 0 Å². The average Bonchev–Trinajstić information content (AvgIpc) is 3.31. The van der Waals surface area contributed by atoms with Gasteiger partial charge >= 0.3 is 5.97 Å². The number of thiazole rings is 1. The Hall–Kier alpha value is -4.29. The Bertz CT molecular complexity index is 1420. The molecule has 1 aromatic heterocycles. The van der Waals surface area contributed by atoms with E-state index in [4.69, 9.17) is 9.47 Å². The van der Waals surface area contributed by atoms with Crippen LogP contribution in [-0.4, -0.2) is 40.9 Å². The second-order valence-electron chi connectivity index (χ2n) is 7.13. The number of methoxy groups -OCH3 is 1. The predicted molar refractivity (Wildman–Crippen MR) is 137 cm³/mol. The maximum Gasteiger partial charge on any atom is 0.343 e. The summed E-state index contributed by atoms with van der Waals surface area (Å²) in [4.78, 5) is 39.2. The molecule has 1 amide bonds. The van der Waals surface area contributed by atoms with Gasteiger partial charge in [0.15, 0.2) is 15.8 Å². The predicted octanol–water partition coefficient (Wildman–Crippen LogP) is 4.67. The molecule has 36 heavy (non-hydrogen) atoms. The van der Waals surface area contributed by atoms with Gasteiger partial charge in [-0.25, -0.2) is 15.2 Å². The van der Waals surface area contributed by atoms with Crippen LogP contribution in [0.25, 0.3) is 10.2 Å². The van der Waals surface area contributed by atoms with Crippen LogP contribution in [0.5, 0.6) is 11.5 Å². The highest BCUT2D eigenvalue weighted by molar-refractivity contribution is 8.01. The lowest BCUT2D eigenvalue weighted by atomic mass is 10.2. The van der Waals surface area contributed by atoms with Crippen LogP contribution >= 0.6 is 23.1 Å². The number of hydrogen-bond donors (Lipinski definition) is 1. The fourth-order valence-corrected chi connectivity index (χ4v) is 4.84. The standard InChI is InChI=1S/C24H18N4O6S2/c1-33-20-12-15(6-11-19(20)34-23(30)16-7-9-17(10-8-16)28(31)32)13-25-27-22(29)14-35-24-26-18-4-2-3-5-21(18)36-24/h2-13H,14H2,1H3,(H,27,29). The van der Waals surface area contributed by atoms with Gasteiger partial charge in [0.05, 0.1) is 39.8 Å². The molecule has 0 fully saturated rings. The Morgan fingerprint density at radius 1 is 1.14 bits per heavy atom. The van der Waals surface area contributed by atoms with Gasteiger partial charge in [0, 0.05) is 12.1 Å². The van der Waals surface area contributed by atoms with Gasteiger partial charge in [0.1, 0.15) is 0 Å². The summed E-state index contributed by atoms with van der Waals surface area (Å²) in [5.74, 6) is -0.377. The molecule has 0 aliphatic rings. The lowest BCUT2D eigenvalue weighted by Gasteiger charge is -2.10. The Kier molecular flexibility index (Phi) is 7.88. The van der Waals surface area contributed by atoms with Gasteiger partial charge in [0.2, 0.25) is 0 Å². The zero-order valence-corrected chi connectivity index (χ0v) is 20.4. The zero-order valence-electron chi connectivity index (χ0n) is 18.7. The van der Waals surface area contributed by atoms with Crippen molar-refractivity contribution in [2.45, 2.75) is 4.34 Å². The van der Waals surface area contributed by atoms with E-state index in [1.165, 1.54) is 66.8 Å². The van der Waals surface area contributed by atoms with E-state index in [0.717, 1.165) is 14.6 Å². The molecule has 0 bridgehead atoms. The third kappa shape index (κ3) is 6.23. The Morgan fingerprint density at radius 3 is 2.64 bits per heavy atom. The van der Waals surface area contributed by atoms with Gasteiger partial charge in [-0.3, -0.25) is 14.9 Å². The van der Waals surface area contributed by atoms with Crippen molar-refractivity contribution in [1.82, 2.24) is 10.4 Å². The zero-order chi connectivity index (χ0) is 25.5. The molecule has 4 aromatic rings. The third-order valence-electron chi connectivity index (χ3n) is 4.71. The van der Waals surface area contributed by atoms with E-state index in [9.17, 15) is 19.7 Å². The van der Waals surface area contributed by atoms with Gasteiger partial charge in [-0.15, -0.1) is 11.3 Å². The second-order valence-corrected chi connectivity index (χ2v) is 9.39. The first-order valence-corrected chi connectivity index (χ1v) is 12.2. The molecule has 3 aromatic carbocycles. The molecular formula is C24H18N4O6S2. The smallest absolute Gasteiger partial charge is 0.343 e. The highest BCUT2D eigenvalue weighted by atomic mass is 32.2. The van der Waals surface area contributed by atoms with Crippen molar-refractivity contribution < 1.29 is 24.0 Å². The molecular weight excluding hydrogens is 504 g/mol. The van der Waals surface area contributed by atoms with Gasteiger partial charge in [-0.1, -0.05) is 23.9 Å². The normalized spacial score (nSPS) is 10.9. The van der Waals surface area contributed by atoms with E-state index in [-0.39, 0.29) is 34.4 Å².